The lowest BCUT2D eigenvalue weighted by Crippen LogP contribution is -2.27. The Morgan fingerprint density at radius 3 is 2.59 bits per heavy atom. The van der Waals surface area contributed by atoms with E-state index in [1.807, 2.05) is 31.6 Å². The average Bonchev–Trinajstić information content (AvgIpc) is 3.34. The number of nitrogens with zero attached hydrogens (tertiary/aromatic N) is 3. The number of carbonyl (C=O) groups excluding carboxylic acids is 1. The topological polar surface area (TPSA) is 84.7 Å². The normalized spacial score (nSPS) is 16.0. The van der Waals surface area contributed by atoms with Crippen molar-refractivity contribution in [1.82, 2.24) is 14.8 Å². The minimum Gasteiger partial charge on any atom is -0.475 e. The van der Waals surface area contributed by atoms with Crippen molar-refractivity contribution < 1.29 is 28.1 Å². The van der Waals surface area contributed by atoms with E-state index >= 15 is 0 Å². The maximum atomic E-state index is 13.9. The Morgan fingerprint density at radius 1 is 1.12 bits per heavy atom. The number of hydrogen-bond acceptors (Lipinski definition) is 7. The Kier molecular flexibility index (Phi) is 8.56. The lowest BCUT2D eigenvalue weighted by molar-refractivity contribution is -0.160. The summed E-state index contributed by atoms with van der Waals surface area (Å²) in [5, 5.41) is 7.42. The van der Waals surface area contributed by atoms with Gasteiger partial charge in [0.1, 0.15) is 24.6 Å². The number of halogens is 1. The van der Waals surface area contributed by atoms with Gasteiger partial charge in [-0.2, -0.15) is 5.10 Å². The quantitative estimate of drug-likeness (QED) is 0.161. The van der Waals surface area contributed by atoms with Crippen molar-refractivity contribution in [2.24, 2.45) is 0 Å². The van der Waals surface area contributed by atoms with Crippen LogP contribution in [0.2, 0.25) is 0 Å². The van der Waals surface area contributed by atoms with Gasteiger partial charge in [0, 0.05) is 22.9 Å². The summed E-state index contributed by atoms with van der Waals surface area (Å²) in [4.78, 5) is 17.0. The van der Waals surface area contributed by atoms with Crippen LogP contribution in [0.5, 0.6) is 5.88 Å². The molecule has 1 aliphatic rings. The number of aromatic nitrogens is 3. The van der Waals surface area contributed by atoms with Gasteiger partial charge in [0.05, 0.1) is 24.0 Å². The molecule has 1 saturated heterocycles. The molecule has 3 heterocycles. The molecular weight excluding hydrogens is 525 g/mol. The van der Waals surface area contributed by atoms with E-state index in [-0.39, 0.29) is 37.8 Å². The number of rotatable bonds is 9. The van der Waals surface area contributed by atoms with Gasteiger partial charge in [0.15, 0.2) is 6.23 Å². The minimum absolute atomic E-state index is 0.0688. The molecule has 1 atom stereocenters. The third kappa shape index (κ3) is 6.68. The van der Waals surface area contributed by atoms with E-state index in [0.717, 1.165) is 57.8 Å². The van der Waals surface area contributed by atoms with Crippen LogP contribution < -0.4 is 4.74 Å². The van der Waals surface area contributed by atoms with Gasteiger partial charge >= 0.3 is 5.97 Å². The zero-order valence-corrected chi connectivity index (χ0v) is 24.4. The van der Waals surface area contributed by atoms with Crippen molar-refractivity contribution in [3.05, 3.63) is 54.1 Å². The highest BCUT2D eigenvalue weighted by Crippen LogP contribution is 2.41. The van der Waals surface area contributed by atoms with Crippen molar-refractivity contribution in [3.63, 3.8) is 0 Å². The first-order valence-corrected chi connectivity index (χ1v) is 14.3. The van der Waals surface area contributed by atoms with Crippen LogP contribution in [0.1, 0.15) is 71.7 Å². The second-order valence-electron chi connectivity index (χ2n) is 11.7. The summed E-state index contributed by atoms with van der Waals surface area (Å²) >= 11 is 0. The highest BCUT2D eigenvalue weighted by Gasteiger charge is 2.23. The molecule has 9 heteroatoms. The van der Waals surface area contributed by atoms with Crippen LogP contribution in [0, 0.1) is 5.82 Å². The molecule has 0 aliphatic carbocycles. The van der Waals surface area contributed by atoms with Crippen molar-refractivity contribution in [3.8, 4) is 17.0 Å². The lowest BCUT2D eigenvalue weighted by atomic mass is 9.92. The fraction of sp³-hybridized carbons (Fsp3) is 0.469. The molecule has 0 spiro atoms. The van der Waals surface area contributed by atoms with E-state index < -0.39 is 11.6 Å². The molecule has 2 aromatic heterocycles. The predicted molar refractivity (Wildman–Crippen MR) is 156 cm³/mol. The summed E-state index contributed by atoms with van der Waals surface area (Å²) in [5.74, 6) is -0.180. The third-order valence-corrected chi connectivity index (χ3v) is 6.93. The number of fused-ring (bicyclic) bond motifs is 2. The number of benzene rings is 2. The van der Waals surface area contributed by atoms with Gasteiger partial charge < -0.3 is 18.9 Å². The summed E-state index contributed by atoms with van der Waals surface area (Å²) in [5.41, 5.74) is 3.02. The van der Waals surface area contributed by atoms with Gasteiger partial charge in [-0.25, -0.2) is 18.9 Å². The van der Waals surface area contributed by atoms with E-state index in [9.17, 15) is 9.18 Å². The van der Waals surface area contributed by atoms with Gasteiger partial charge in [-0.05, 0) is 81.2 Å². The van der Waals surface area contributed by atoms with E-state index in [1.54, 1.807) is 12.1 Å². The Labute approximate surface area is 239 Å². The molecular formula is C32H38FN3O5. The van der Waals surface area contributed by atoms with Crippen molar-refractivity contribution >= 4 is 27.6 Å². The first-order valence-electron chi connectivity index (χ1n) is 14.3. The largest absolute Gasteiger partial charge is 0.475 e. The average molecular weight is 564 g/mol. The molecule has 0 amide bonds. The van der Waals surface area contributed by atoms with E-state index in [0.29, 0.717) is 12.5 Å². The van der Waals surface area contributed by atoms with Crippen LogP contribution in [0.25, 0.3) is 32.8 Å². The Hall–Kier alpha value is -3.56. The fourth-order valence-corrected chi connectivity index (χ4v) is 5.16. The van der Waals surface area contributed by atoms with Crippen molar-refractivity contribution in [1.29, 1.82) is 0 Å². The summed E-state index contributed by atoms with van der Waals surface area (Å²) in [6.45, 7) is 10.5. The number of ether oxygens (including phenoxy) is 4. The highest BCUT2D eigenvalue weighted by molar-refractivity contribution is 6.06. The Balaban J connectivity index is 1.53. The highest BCUT2D eigenvalue weighted by atomic mass is 19.1. The molecule has 8 nitrogen and oxygen atoms in total. The predicted octanol–water partition coefficient (Wildman–Crippen LogP) is 6.95. The molecule has 1 unspecified atom stereocenters. The molecule has 2 aromatic carbocycles. The molecule has 0 N–H and O–H groups in total. The molecule has 218 valence electrons. The van der Waals surface area contributed by atoms with Gasteiger partial charge in [-0.3, -0.25) is 0 Å². The molecule has 0 saturated carbocycles. The van der Waals surface area contributed by atoms with Crippen LogP contribution in [-0.2, 0) is 19.0 Å². The Bertz CT molecular complexity index is 1520. The van der Waals surface area contributed by atoms with Crippen molar-refractivity contribution in [2.45, 2.75) is 71.6 Å². The summed E-state index contributed by atoms with van der Waals surface area (Å²) in [6.07, 6.45) is 4.78. The molecule has 1 aliphatic heterocycles. The molecule has 5 rings (SSSR count). The number of carbonyl (C=O) groups is 1. The van der Waals surface area contributed by atoms with E-state index in [4.69, 9.17) is 23.9 Å². The van der Waals surface area contributed by atoms with E-state index in [1.165, 1.54) is 12.1 Å². The van der Waals surface area contributed by atoms with Crippen LogP contribution in [0.3, 0.4) is 0 Å². The summed E-state index contributed by atoms with van der Waals surface area (Å²) in [6, 6.07) is 10.7. The lowest BCUT2D eigenvalue weighted by Gasteiger charge is -2.24. The summed E-state index contributed by atoms with van der Waals surface area (Å²) in [7, 11) is 0. The molecule has 0 radical (unpaired) electrons. The van der Waals surface area contributed by atoms with Crippen molar-refractivity contribution in [2.75, 3.05) is 26.4 Å². The maximum Gasteiger partial charge on any atom is 0.332 e. The van der Waals surface area contributed by atoms with Gasteiger partial charge in [0.25, 0.3) is 0 Å². The zero-order chi connectivity index (χ0) is 29.1. The Morgan fingerprint density at radius 2 is 1.90 bits per heavy atom. The molecule has 0 bridgehead atoms. The SMILES string of the molecule is CC(C)c1nc(OCCOCC(=O)OC(C)(C)C)c2cc3c(cnn3C3CCCCO3)cc2c1-c1ccc(F)cc1. The smallest absolute Gasteiger partial charge is 0.332 e. The first-order chi connectivity index (χ1) is 19.6. The second-order valence-corrected chi connectivity index (χ2v) is 11.7. The second kappa shape index (κ2) is 12.1. The molecule has 4 aromatic rings. The van der Waals surface area contributed by atoms with Crippen LogP contribution in [0.15, 0.2) is 42.6 Å². The number of pyridine rings is 1. The van der Waals surface area contributed by atoms with Crippen LogP contribution in [-0.4, -0.2) is 52.8 Å². The maximum absolute atomic E-state index is 13.9. The monoisotopic (exact) mass is 563 g/mol. The summed E-state index contributed by atoms with van der Waals surface area (Å²) < 4.78 is 38.9. The minimum atomic E-state index is -0.570. The molecule has 41 heavy (non-hydrogen) atoms. The van der Waals surface area contributed by atoms with Gasteiger partial charge in [0.2, 0.25) is 5.88 Å². The first kappa shape index (κ1) is 29.0. The van der Waals surface area contributed by atoms with Crippen LogP contribution in [0.4, 0.5) is 4.39 Å². The molecule has 1 fully saturated rings. The number of esters is 1. The fourth-order valence-electron chi connectivity index (χ4n) is 5.16. The van der Waals surface area contributed by atoms with Gasteiger partial charge in [-0.15, -0.1) is 0 Å². The zero-order valence-electron chi connectivity index (χ0n) is 24.4. The van der Waals surface area contributed by atoms with E-state index in [2.05, 4.69) is 31.1 Å². The standard InChI is InChI=1S/C32H38FN3O5/c1-20(2)30-29(21-9-11-23(33)12-10-21)24-16-22-18-34-36(27-8-6-7-13-39-27)26(22)17-25(24)31(35-30)40-15-14-38-19-28(37)41-32(3,4)5/h9-12,16-18,20,27H,6-8,13-15,19H2,1-5H3. The number of hydrogen-bond donors (Lipinski definition) is 0. The van der Waals surface area contributed by atoms with Crippen LogP contribution >= 0.6 is 0 Å². The van der Waals surface area contributed by atoms with Gasteiger partial charge in [-0.1, -0.05) is 26.0 Å². The third-order valence-electron chi connectivity index (χ3n) is 6.93.